The van der Waals surface area contributed by atoms with E-state index in [1.165, 1.54) is 86.7 Å². The molecule has 10 aromatic rings. The molecule has 0 fully saturated rings. The third kappa shape index (κ3) is 6.76. The van der Waals surface area contributed by atoms with Gasteiger partial charge in [-0.15, -0.1) is 11.3 Å². The zero-order valence-corrected chi connectivity index (χ0v) is 33.8. The minimum atomic E-state index is -0.105. The van der Waals surface area contributed by atoms with Crippen LogP contribution in [0.1, 0.15) is 26.3 Å². The first-order chi connectivity index (χ1) is 28.4. The second kappa shape index (κ2) is 14.6. The molecule has 0 radical (unpaired) electrons. The molecule has 2 heteroatoms. The van der Waals surface area contributed by atoms with Crippen molar-refractivity contribution in [2.24, 2.45) is 0 Å². The third-order valence-electron chi connectivity index (χ3n) is 11.4. The molecule has 0 spiro atoms. The van der Waals surface area contributed by atoms with Crippen LogP contribution in [0.5, 0.6) is 0 Å². The normalized spacial score (nSPS) is 11.7. The molecular weight excluding hydrogens is 719 g/mol. The van der Waals surface area contributed by atoms with Crippen LogP contribution in [-0.4, -0.2) is 0 Å². The molecule has 0 aliphatic carbocycles. The van der Waals surface area contributed by atoms with Crippen molar-refractivity contribution in [1.82, 2.24) is 0 Å². The Kier molecular flexibility index (Phi) is 9.00. The van der Waals surface area contributed by atoms with Gasteiger partial charge in [-0.25, -0.2) is 0 Å². The molecule has 1 aromatic heterocycles. The van der Waals surface area contributed by atoms with Crippen LogP contribution in [0.2, 0.25) is 0 Å². The zero-order chi connectivity index (χ0) is 39.2. The van der Waals surface area contributed by atoms with E-state index in [4.69, 9.17) is 0 Å². The van der Waals surface area contributed by atoms with E-state index in [0.717, 1.165) is 11.4 Å². The smallest absolute Gasteiger partial charge is 0.0499 e. The third-order valence-corrected chi connectivity index (χ3v) is 12.6. The van der Waals surface area contributed by atoms with Gasteiger partial charge in [0.05, 0.1) is 0 Å². The highest BCUT2D eigenvalue weighted by Gasteiger charge is 2.24. The fraction of sp³-hybridized carbons (Fsp3) is 0.0714. The molecule has 0 amide bonds. The molecule has 1 nitrogen and oxygen atoms in total. The summed E-state index contributed by atoms with van der Waals surface area (Å²) in [6, 6.07) is 75.7. The van der Waals surface area contributed by atoms with Crippen molar-refractivity contribution < 1.29 is 0 Å². The summed E-state index contributed by atoms with van der Waals surface area (Å²) in [5.74, 6) is 0. The summed E-state index contributed by atoms with van der Waals surface area (Å²) >= 11 is 1.87. The number of anilines is 3. The van der Waals surface area contributed by atoms with Gasteiger partial charge in [-0.3, -0.25) is 0 Å². The second-order valence-corrected chi connectivity index (χ2v) is 17.3. The Labute approximate surface area is 345 Å². The molecule has 0 aliphatic heterocycles. The van der Waals surface area contributed by atoms with Gasteiger partial charge in [0.15, 0.2) is 0 Å². The van der Waals surface area contributed by atoms with E-state index in [1.54, 1.807) is 0 Å². The minimum Gasteiger partial charge on any atom is -0.310 e. The number of thiophene rings is 1. The van der Waals surface area contributed by atoms with Crippen LogP contribution >= 0.6 is 11.3 Å². The summed E-state index contributed by atoms with van der Waals surface area (Å²) in [6.07, 6.45) is 0. The number of benzene rings is 9. The van der Waals surface area contributed by atoms with Crippen LogP contribution in [0.3, 0.4) is 0 Å². The molecule has 0 saturated carbocycles. The topological polar surface area (TPSA) is 3.24 Å². The average Bonchev–Trinajstić information content (AvgIpc) is 3.65. The highest BCUT2D eigenvalue weighted by Crippen LogP contribution is 2.44. The van der Waals surface area contributed by atoms with Crippen molar-refractivity contribution >= 4 is 59.3 Å². The van der Waals surface area contributed by atoms with Crippen molar-refractivity contribution in [3.05, 3.63) is 212 Å². The van der Waals surface area contributed by atoms with E-state index in [-0.39, 0.29) is 5.41 Å². The zero-order valence-electron chi connectivity index (χ0n) is 33.0. The van der Waals surface area contributed by atoms with Crippen molar-refractivity contribution in [2.45, 2.75) is 26.2 Å². The van der Waals surface area contributed by atoms with E-state index in [9.17, 15) is 0 Å². The number of fused-ring (bicyclic) bond motifs is 4. The summed E-state index contributed by atoms with van der Waals surface area (Å²) in [5.41, 5.74) is 14.3. The van der Waals surface area contributed by atoms with Crippen molar-refractivity contribution in [2.75, 3.05) is 4.90 Å². The Hall–Kier alpha value is -6.74. The van der Waals surface area contributed by atoms with Gasteiger partial charge in [0, 0.05) is 37.2 Å². The van der Waals surface area contributed by atoms with Crippen molar-refractivity contribution in [3.8, 4) is 44.5 Å². The predicted molar refractivity (Wildman–Crippen MR) is 252 cm³/mol. The molecule has 0 unspecified atom stereocenters. The van der Waals surface area contributed by atoms with Gasteiger partial charge in [-0.05, 0) is 121 Å². The van der Waals surface area contributed by atoms with Gasteiger partial charge in [0.1, 0.15) is 0 Å². The van der Waals surface area contributed by atoms with Gasteiger partial charge >= 0.3 is 0 Å². The Bertz CT molecular complexity index is 3060. The molecule has 278 valence electrons. The lowest BCUT2D eigenvalue weighted by Gasteiger charge is -2.32. The molecular formula is C56H43NS. The maximum Gasteiger partial charge on any atom is 0.0499 e. The molecule has 0 atom stereocenters. The Morgan fingerprint density at radius 3 is 1.48 bits per heavy atom. The van der Waals surface area contributed by atoms with Crippen LogP contribution in [-0.2, 0) is 5.41 Å². The fourth-order valence-corrected chi connectivity index (χ4v) is 9.45. The van der Waals surface area contributed by atoms with E-state index in [1.807, 2.05) is 11.3 Å². The van der Waals surface area contributed by atoms with Gasteiger partial charge < -0.3 is 4.90 Å². The van der Waals surface area contributed by atoms with Crippen LogP contribution in [0.4, 0.5) is 17.1 Å². The summed E-state index contributed by atoms with van der Waals surface area (Å²) in [4.78, 5) is 2.43. The van der Waals surface area contributed by atoms with Crippen molar-refractivity contribution in [3.63, 3.8) is 0 Å². The highest BCUT2D eigenvalue weighted by atomic mass is 32.1. The Morgan fingerprint density at radius 2 is 0.810 bits per heavy atom. The van der Waals surface area contributed by atoms with Crippen LogP contribution in [0.15, 0.2) is 206 Å². The van der Waals surface area contributed by atoms with Crippen LogP contribution in [0, 0.1) is 0 Å². The first kappa shape index (κ1) is 35.7. The summed E-state index contributed by atoms with van der Waals surface area (Å²) < 4.78 is 2.67. The van der Waals surface area contributed by atoms with Crippen molar-refractivity contribution in [1.29, 1.82) is 0 Å². The molecule has 9 aromatic carbocycles. The Balaban J connectivity index is 1.01. The molecule has 10 rings (SSSR count). The maximum atomic E-state index is 2.43. The SMILES string of the molecule is CC(C)(C)c1cc(-c2ccccc2)ccc1N(c1ccc(-c2ccc(-c3ccc4c(c3)sc3ccccc34)cc2)cc1)c1ccc(-c2ccc3ccccc3c2)cc1. The quantitative estimate of drug-likeness (QED) is 0.156. The molecule has 0 aliphatic rings. The largest absolute Gasteiger partial charge is 0.310 e. The summed E-state index contributed by atoms with van der Waals surface area (Å²) in [5, 5.41) is 5.18. The van der Waals surface area contributed by atoms with Gasteiger partial charge in [-0.2, -0.15) is 0 Å². The number of hydrogen-bond donors (Lipinski definition) is 0. The molecule has 0 N–H and O–H groups in total. The van der Waals surface area contributed by atoms with E-state index < -0.39 is 0 Å². The van der Waals surface area contributed by atoms with Gasteiger partial charge in [-0.1, -0.05) is 172 Å². The van der Waals surface area contributed by atoms with E-state index >= 15 is 0 Å². The Morgan fingerprint density at radius 1 is 0.345 bits per heavy atom. The van der Waals surface area contributed by atoms with Gasteiger partial charge in [0.25, 0.3) is 0 Å². The lowest BCUT2D eigenvalue weighted by Crippen LogP contribution is -2.19. The number of hydrogen-bond acceptors (Lipinski definition) is 2. The first-order valence-electron chi connectivity index (χ1n) is 20.1. The number of nitrogens with zero attached hydrogens (tertiary/aromatic N) is 1. The summed E-state index contributed by atoms with van der Waals surface area (Å²) in [7, 11) is 0. The fourth-order valence-electron chi connectivity index (χ4n) is 8.30. The molecule has 0 saturated heterocycles. The standard InChI is InChI=1S/C56H43NS/c1-56(2,3)52-36-46(38-11-5-4-6-12-38)28-34-53(52)57(49-31-25-43(26-32-49)45-22-21-39-13-7-8-14-44(39)35-45)48-29-23-41(24-30-48)40-17-19-42(20-18-40)47-27-33-51-50-15-9-10-16-54(50)58-55(51)37-47/h4-37H,1-3H3. The van der Waals surface area contributed by atoms with Gasteiger partial charge in [0.2, 0.25) is 0 Å². The lowest BCUT2D eigenvalue weighted by molar-refractivity contribution is 0.591. The average molecular weight is 762 g/mol. The lowest BCUT2D eigenvalue weighted by atomic mass is 9.83. The van der Waals surface area contributed by atoms with E-state index in [0.29, 0.717) is 0 Å². The monoisotopic (exact) mass is 761 g/mol. The summed E-state index contributed by atoms with van der Waals surface area (Å²) in [6.45, 7) is 6.94. The number of rotatable bonds is 7. The first-order valence-corrected chi connectivity index (χ1v) is 20.9. The maximum absolute atomic E-state index is 2.43. The molecule has 1 heterocycles. The van der Waals surface area contributed by atoms with E-state index in [2.05, 4.69) is 232 Å². The minimum absolute atomic E-state index is 0.105. The van der Waals surface area contributed by atoms with Crippen LogP contribution < -0.4 is 4.90 Å². The van der Waals surface area contributed by atoms with Crippen LogP contribution in [0.25, 0.3) is 75.5 Å². The second-order valence-electron chi connectivity index (χ2n) is 16.2. The molecule has 0 bridgehead atoms. The molecule has 58 heavy (non-hydrogen) atoms. The highest BCUT2D eigenvalue weighted by molar-refractivity contribution is 7.25. The predicted octanol–water partition coefficient (Wildman–Crippen LogP) is 16.6.